The van der Waals surface area contributed by atoms with Crippen LogP contribution in [0.25, 0.3) is 5.69 Å². The molecule has 4 heteroatoms. The van der Waals surface area contributed by atoms with Gasteiger partial charge in [-0.15, -0.1) is 0 Å². The molecule has 82 valence electrons. The molecule has 0 N–H and O–H groups in total. The van der Waals surface area contributed by atoms with E-state index in [1.54, 1.807) is 6.33 Å². The molecule has 0 aliphatic rings. The summed E-state index contributed by atoms with van der Waals surface area (Å²) in [7, 11) is 0. The number of aryl methyl sites for hydroxylation is 1. The molecule has 0 unspecified atom stereocenters. The summed E-state index contributed by atoms with van der Waals surface area (Å²) in [4.78, 5) is 15.3. The number of hydrogen-bond donors (Lipinski definition) is 0. The van der Waals surface area contributed by atoms with Crippen LogP contribution >= 0.6 is 15.9 Å². The number of hydrogen-bond acceptors (Lipinski definition) is 2. The first kappa shape index (κ1) is 11.1. The van der Waals surface area contributed by atoms with Crippen LogP contribution in [0.2, 0.25) is 0 Å². The third kappa shape index (κ3) is 1.69. The molecule has 16 heavy (non-hydrogen) atoms. The van der Waals surface area contributed by atoms with Crippen LogP contribution in [0.3, 0.4) is 0 Å². The van der Waals surface area contributed by atoms with Crippen molar-refractivity contribution in [3.8, 4) is 5.69 Å². The minimum Gasteiger partial charge on any atom is -0.303 e. The van der Waals surface area contributed by atoms with Gasteiger partial charge in [-0.3, -0.25) is 4.79 Å². The quantitative estimate of drug-likeness (QED) is 0.792. The number of carbonyl (C=O) groups excluding carboxylic acids is 1. The van der Waals surface area contributed by atoms with E-state index in [0.29, 0.717) is 5.56 Å². The van der Waals surface area contributed by atoms with Crippen molar-refractivity contribution in [1.29, 1.82) is 0 Å². The van der Waals surface area contributed by atoms with Crippen molar-refractivity contribution in [2.24, 2.45) is 0 Å². The Morgan fingerprint density at radius 2 is 2.12 bits per heavy atom. The summed E-state index contributed by atoms with van der Waals surface area (Å²) in [6.07, 6.45) is 2.59. The van der Waals surface area contributed by atoms with Crippen molar-refractivity contribution in [3.63, 3.8) is 0 Å². The summed E-state index contributed by atoms with van der Waals surface area (Å²) in [6.45, 7) is 3.93. The van der Waals surface area contributed by atoms with Crippen LogP contribution in [-0.2, 0) is 0 Å². The Labute approximate surface area is 102 Å². The fourth-order valence-electron chi connectivity index (χ4n) is 1.59. The zero-order valence-corrected chi connectivity index (χ0v) is 10.7. The van der Waals surface area contributed by atoms with Gasteiger partial charge in [0.15, 0.2) is 6.29 Å². The first-order valence-electron chi connectivity index (χ1n) is 4.89. The highest BCUT2D eigenvalue weighted by molar-refractivity contribution is 9.10. The summed E-state index contributed by atoms with van der Waals surface area (Å²) in [5, 5.41) is 0. The highest BCUT2D eigenvalue weighted by atomic mass is 79.9. The van der Waals surface area contributed by atoms with Gasteiger partial charge in [-0.2, -0.15) is 0 Å². The number of aldehydes is 1. The Hall–Kier alpha value is -1.42. The number of benzene rings is 1. The number of carbonyl (C=O) groups is 1. The van der Waals surface area contributed by atoms with E-state index in [-0.39, 0.29) is 0 Å². The molecule has 1 heterocycles. The Bertz CT molecular complexity index is 546. The van der Waals surface area contributed by atoms with Crippen LogP contribution in [0.1, 0.15) is 21.7 Å². The molecular formula is C12H11BrN2O. The van der Waals surface area contributed by atoms with Crippen LogP contribution in [0.4, 0.5) is 0 Å². The minimum atomic E-state index is 0.642. The second kappa shape index (κ2) is 4.22. The molecule has 0 saturated heterocycles. The Morgan fingerprint density at radius 1 is 1.38 bits per heavy atom. The Kier molecular flexibility index (Phi) is 2.92. The summed E-state index contributed by atoms with van der Waals surface area (Å²) >= 11 is 3.37. The van der Waals surface area contributed by atoms with Crippen molar-refractivity contribution in [3.05, 3.63) is 46.0 Å². The second-order valence-corrected chi connectivity index (χ2v) is 4.43. The Balaban J connectivity index is 2.69. The first-order valence-corrected chi connectivity index (χ1v) is 5.69. The van der Waals surface area contributed by atoms with Crippen molar-refractivity contribution in [2.45, 2.75) is 13.8 Å². The average molecular weight is 279 g/mol. The number of aromatic nitrogens is 2. The third-order valence-corrected chi connectivity index (χ3v) is 3.35. The number of rotatable bonds is 2. The van der Waals surface area contributed by atoms with E-state index >= 15 is 0 Å². The SMILES string of the molecule is Cc1ncn(-c2cccc(Br)c2C=O)c1C. The largest absolute Gasteiger partial charge is 0.303 e. The molecule has 0 amide bonds. The average Bonchev–Trinajstić information content (AvgIpc) is 2.59. The maximum absolute atomic E-state index is 11.1. The lowest BCUT2D eigenvalue weighted by atomic mass is 10.2. The summed E-state index contributed by atoms with van der Waals surface area (Å²) in [5.74, 6) is 0. The molecule has 1 aromatic heterocycles. The van der Waals surface area contributed by atoms with Crippen LogP contribution in [0.15, 0.2) is 29.0 Å². The predicted molar refractivity (Wildman–Crippen MR) is 66.1 cm³/mol. The van der Waals surface area contributed by atoms with Crippen molar-refractivity contribution in [2.75, 3.05) is 0 Å². The molecule has 2 aromatic rings. The molecule has 1 aromatic carbocycles. The highest BCUT2D eigenvalue weighted by Gasteiger charge is 2.10. The van der Waals surface area contributed by atoms with E-state index in [9.17, 15) is 4.79 Å². The minimum absolute atomic E-state index is 0.642. The third-order valence-electron chi connectivity index (χ3n) is 2.66. The van der Waals surface area contributed by atoms with Crippen molar-refractivity contribution < 1.29 is 4.79 Å². The summed E-state index contributed by atoms with van der Waals surface area (Å²) in [5.41, 5.74) is 3.50. The zero-order valence-electron chi connectivity index (χ0n) is 9.07. The monoisotopic (exact) mass is 278 g/mol. The van der Waals surface area contributed by atoms with Gasteiger partial charge in [0, 0.05) is 10.2 Å². The molecule has 0 fully saturated rings. The molecule has 0 aliphatic heterocycles. The van der Waals surface area contributed by atoms with Gasteiger partial charge in [0.1, 0.15) is 0 Å². The standard InChI is InChI=1S/C12H11BrN2O/c1-8-9(2)15(7-14-8)12-5-3-4-11(13)10(12)6-16/h3-7H,1-2H3. The lowest BCUT2D eigenvalue weighted by Gasteiger charge is -2.09. The van der Waals surface area contributed by atoms with Gasteiger partial charge in [0.05, 0.1) is 23.3 Å². The Morgan fingerprint density at radius 3 is 2.69 bits per heavy atom. The van der Waals surface area contributed by atoms with Crippen molar-refractivity contribution in [1.82, 2.24) is 9.55 Å². The van der Waals surface area contributed by atoms with E-state index in [1.165, 1.54) is 0 Å². The van der Waals surface area contributed by atoms with Crippen LogP contribution < -0.4 is 0 Å². The van der Waals surface area contributed by atoms with E-state index in [4.69, 9.17) is 0 Å². The van der Waals surface area contributed by atoms with E-state index in [0.717, 1.165) is 27.8 Å². The lowest BCUT2D eigenvalue weighted by molar-refractivity contribution is 0.112. The van der Waals surface area contributed by atoms with E-state index < -0.39 is 0 Å². The van der Waals surface area contributed by atoms with Crippen LogP contribution in [0.5, 0.6) is 0 Å². The molecule has 0 atom stereocenters. The molecule has 0 bridgehead atoms. The normalized spacial score (nSPS) is 10.4. The van der Waals surface area contributed by atoms with Crippen molar-refractivity contribution >= 4 is 22.2 Å². The predicted octanol–water partition coefficient (Wildman–Crippen LogP) is 3.06. The summed E-state index contributed by atoms with van der Waals surface area (Å²) in [6, 6.07) is 5.66. The fraction of sp³-hybridized carbons (Fsp3) is 0.167. The number of nitrogens with zero attached hydrogens (tertiary/aromatic N) is 2. The van der Waals surface area contributed by atoms with Gasteiger partial charge in [-0.05, 0) is 41.9 Å². The van der Waals surface area contributed by atoms with Gasteiger partial charge >= 0.3 is 0 Å². The molecule has 0 spiro atoms. The van der Waals surface area contributed by atoms with Crippen LogP contribution in [-0.4, -0.2) is 15.8 Å². The first-order chi connectivity index (χ1) is 7.65. The van der Waals surface area contributed by atoms with Crippen LogP contribution in [0, 0.1) is 13.8 Å². The molecule has 2 rings (SSSR count). The lowest BCUT2D eigenvalue weighted by Crippen LogP contribution is -2.00. The summed E-state index contributed by atoms with van der Waals surface area (Å²) < 4.78 is 2.72. The van der Waals surface area contributed by atoms with Gasteiger partial charge < -0.3 is 4.57 Å². The second-order valence-electron chi connectivity index (χ2n) is 3.58. The molecule has 3 nitrogen and oxygen atoms in total. The molecular weight excluding hydrogens is 268 g/mol. The number of imidazole rings is 1. The van der Waals surface area contributed by atoms with Gasteiger partial charge in [0.25, 0.3) is 0 Å². The molecule has 0 radical (unpaired) electrons. The highest BCUT2D eigenvalue weighted by Crippen LogP contribution is 2.23. The number of halogens is 1. The van der Waals surface area contributed by atoms with Gasteiger partial charge in [-0.25, -0.2) is 4.98 Å². The van der Waals surface area contributed by atoms with E-state index in [1.807, 2.05) is 36.6 Å². The van der Waals surface area contributed by atoms with Gasteiger partial charge in [0.2, 0.25) is 0 Å². The smallest absolute Gasteiger partial charge is 0.153 e. The maximum Gasteiger partial charge on any atom is 0.153 e. The fourth-order valence-corrected chi connectivity index (χ4v) is 2.04. The van der Waals surface area contributed by atoms with E-state index in [2.05, 4.69) is 20.9 Å². The topological polar surface area (TPSA) is 34.9 Å². The zero-order chi connectivity index (χ0) is 11.7. The maximum atomic E-state index is 11.1. The molecule has 0 aliphatic carbocycles. The molecule has 0 saturated carbocycles. The van der Waals surface area contributed by atoms with Gasteiger partial charge in [-0.1, -0.05) is 6.07 Å².